The Bertz CT molecular complexity index is 845. The van der Waals surface area contributed by atoms with E-state index in [1.807, 2.05) is 44.2 Å². The van der Waals surface area contributed by atoms with Gasteiger partial charge in [-0.3, -0.25) is 9.88 Å². The Morgan fingerprint density at radius 2 is 1.82 bits per heavy atom. The lowest BCUT2D eigenvalue weighted by atomic mass is 10.1. The number of amides is 3. The average Bonchev–Trinajstić information content (AvgIpc) is 2.67. The van der Waals surface area contributed by atoms with Gasteiger partial charge in [-0.25, -0.2) is 9.59 Å². The van der Waals surface area contributed by atoms with Gasteiger partial charge >= 0.3 is 12.1 Å². The summed E-state index contributed by atoms with van der Waals surface area (Å²) >= 11 is 0. The number of urea groups is 1. The predicted molar refractivity (Wildman–Crippen MR) is 108 cm³/mol. The molecular weight excluding hydrogens is 358 g/mol. The summed E-state index contributed by atoms with van der Waals surface area (Å²) in [5.74, 6) is 0. The third-order valence-electron chi connectivity index (χ3n) is 4.90. The van der Waals surface area contributed by atoms with Gasteiger partial charge < -0.3 is 20.6 Å². The number of carboxylic acid groups (broad SMARTS) is 1. The van der Waals surface area contributed by atoms with Crippen molar-refractivity contribution in [2.45, 2.75) is 20.4 Å². The molecule has 1 aromatic heterocycles. The third-order valence-corrected chi connectivity index (χ3v) is 4.90. The molecule has 0 saturated carbocycles. The molecule has 3 rings (SSSR count). The molecule has 1 aromatic carbocycles. The maximum atomic E-state index is 12.3. The van der Waals surface area contributed by atoms with Crippen molar-refractivity contribution in [1.29, 1.82) is 0 Å². The van der Waals surface area contributed by atoms with Gasteiger partial charge in [0, 0.05) is 44.1 Å². The van der Waals surface area contributed by atoms with Crippen LogP contribution >= 0.6 is 0 Å². The van der Waals surface area contributed by atoms with E-state index in [1.54, 1.807) is 6.20 Å². The van der Waals surface area contributed by atoms with Crippen molar-refractivity contribution in [2.24, 2.45) is 0 Å². The normalized spacial score (nSPS) is 14.6. The van der Waals surface area contributed by atoms with Crippen LogP contribution in [0.25, 0.3) is 0 Å². The summed E-state index contributed by atoms with van der Waals surface area (Å²) in [6.45, 7) is 7.01. The van der Waals surface area contributed by atoms with E-state index in [1.165, 1.54) is 4.90 Å². The van der Waals surface area contributed by atoms with E-state index in [0.29, 0.717) is 31.9 Å². The van der Waals surface area contributed by atoms with Crippen LogP contribution in [-0.2, 0) is 6.54 Å². The summed E-state index contributed by atoms with van der Waals surface area (Å²) in [6.07, 6.45) is 0.756. The highest BCUT2D eigenvalue weighted by molar-refractivity contribution is 6.00. The molecule has 3 N–H and O–H groups in total. The molecule has 1 aliphatic rings. The molecule has 28 heavy (non-hydrogen) atoms. The zero-order valence-corrected chi connectivity index (χ0v) is 16.1. The summed E-state index contributed by atoms with van der Waals surface area (Å²) in [5.41, 5.74) is 4.38. The topological polar surface area (TPSA) is 97.8 Å². The summed E-state index contributed by atoms with van der Waals surface area (Å²) < 4.78 is 0. The van der Waals surface area contributed by atoms with Crippen molar-refractivity contribution in [3.8, 4) is 0 Å². The molecule has 0 spiro atoms. The number of hydrogen-bond acceptors (Lipinski definition) is 4. The molecule has 1 saturated heterocycles. The van der Waals surface area contributed by atoms with Crippen LogP contribution in [0.4, 0.5) is 21.0 Å². The first-order valence-electron chi connectivity index (χ1n) is 9.22. The van der Waals surface area contributed by atoms with Gasteiger partial charge in [-0.2, -0.15) is 0 Å². The van der Waals surface area contributed by atoms with E-state index in [9.17, 15) is 9.59 Å². The van der Waals surface area contributed by atoms with Crippen LogP contribution in [-0.4, -0.2) is 58.2 Å². The molecule has 0 aliphatic carbocycles. The number of aromatic nitrogens is 1. The van der Waals surface area contributed by atoms with Crippen molar-refractivity contribution < 1.29 is 14.7 Å². The fourth-order valence-electron chi connectivity index (χ4n) is 3.15. The number of rotatable bonds is 4. The zero-order valence-electron chi connectivity index (χ0n) is 16.1. The molecular formula is C20H25N5O3. The number of anilines is 2. The summed E-state index contributed by atoms with van der Waals surface area (Å²) in [6, 6.07) is 9.15. The Morgan fingerprint density at radius 3 is 2.46 bits per heavy atom. The van der Waals surface area contributed by atoms with Crippen LogP contribution in [0.1, 0.15) is 16.8 Å². The van der Waals surface area contributed by atoms with Crippen LogP contribution in [0.3, 0.4) is 0 Å². The molecule has 0 radical (unpaired) electrons. The molecule has 1 fully saturated rings. The quantitative estimate of drug-likeness (QED) is 0.753. The summed E-state index contributed by atoms with van der Waals surface area (Å²) in [7, 11) is 0. The highest BCUT2D eigenvalue weighted by atomic mass is 16.4. The second-order valence-electron chi connectivity index (χ2n) is 6.90. The van der Waals surface area contributed by atoms with Gasteiger partial charge in [-0.15, -0.1) is 0 Å². The summed E-state index contributed by atoms with van der Waals surface area (Å²) in [4.78, 5) is 31.2. The fourth-order valence-corrected chi connectivity index (χ4v) is 3.15. The van der Waals surface area contributed by atoms with Crippen molar-refractivity contribution in [2.75, 3.05) is 36.8 Å². The minimum absolute atomic E-state index is 0.319. The van der Waals surface area contributed by atoms with Gasteiger partial charge in [-0.05, 0) is 43.2 Å². The zero-order chi connectivity index (χ0) is 20.1. The lowest BCUT2D eigenvalue weighted by Gasteiger charge is -2.33. The Morgan fingerprint density at radius 1 is 1.07 bits per heavy atom. The van der Waals surface area contributed by atoms with Crippen LogP contribution in [0.5, 0.6) is 0 Å². The lowest BCUT2D eigenvalue weighted by molar-refractivity contribution is 0.103. The van der Waals surface area contributed by atoms with Gasteiger partial charge in [0.1, 0.15) is 0 Å². The number of nitrogens with zero attached hydrogens (tertiary/aromatic N) is 3. The van der Waals surface area contributed by atoms with Crippen LogP contribution in [0, 0.1) is 13.8 Å². The molecule has 8 nitrogen and oxygen atoms in total. The molecule has 2 aromatic rings. The Labute approximate surface area is 164 Å². The molecule has 0 bridgehead atoms. The standard InChI is InChI=1S/C20H25N5O3/c1-14-6-7-17(12-21-14)22-19(26)23-18-5-3-4-16(15(18)2)13-24-8-10-25(11-9-24)20(27)28/h3-7,12H,8-11,13H2,1-2H3,(H,27,28)(H2,22,23,26). The number of carbonyl (C=O) groups is 2. The molecule has 0 unspecified atom stereocenters. The van der Waals surface area contributed by atoms with Gasteiger partial charge in [0.15, 0.2) is 0 Å². The number of pyridine rings is 1. The van der Waals surface area contributed by atoms with Crippen molar-refractivity contribution >= 4 is 23.5 Å². The van der Waals surface area contributed by atoms with E-state index in [-0.39, 0.29) is 6.03 Å². The lowest BCUT2D eigenvalue weighted by Crippen LogP contribution is -2.47. The van der Waals surface area contributed by atoms with E-state index in [4.69, 9.17) is 5.11 Å². The number of piperazine rings is 1. The second kappa shape index (κ2) is 8.71. The first kappa shape index (κ1) is 19.6. The van der Waals surface area contributed by atoms with Gasteiger partial charge in [0.25, 0.3) is 0 Å². The fraction of sp³-hybridized carbons (Fsp3) is 0.350. The number of hydrogen-bond donors (Lipinski definition) is 3. The van der Waals surface area contributed by atoms with Crippen molar-refractivity contribution in [3.05, 3.63) is 53.3 Å². The highest BCUT2D eigenvalue weighted by Gasteiger charge is 2.21. The SMILES string of the molecule is Cc1ccc(NC(=O)Nc2cccc(CN3CCN(C(=O)O)CC3)c2C)cn1. The van der Waals surface area contributed by atoms with Crippen LogP contribution in [0.2, 0.25) is 0 Å². The number of nitrogens with one attached hydrogen (secondary N) is 2. The van der Waals surface area contributed by atoms with E-state index >= 15 is 0 Å². The minimum atomic E-state index is -0.864. The largest absolute Gasteiger partial charge is 0.465 e. The van der Waals surface area contributed by atoms with Crippen molar-refractivity contribution in [3.63, 3.8) is 0 Å². The average molecular weight is 383 g/mol. The Balaban J connectivity index is 1.60. The molecule has 0 atom stereocenters. The molecule has 8 heteroatoms. The van der Waals surface area contributed by atoms with Crippen molar-refractivity contribution in [1.82, 2.24) is 14.8 Å². The summed E-state index contributed by atoms with van der Waals surface area (Å²) in [5, 5.41) is 14.7. The third kappa shape index (κ3) is 4.98. The van der Waals surface area contributed by atoms with Crippen LogP contribution < -0.4 is 10.6 Å². The van der Waals surface area contributed by atoms with E-state index in [2.05, 4.69) is 20.5 Å². The van der Waals surface area contributed by atoms with Crippen LogP contribution in [0.15, 0.2) is 36.5 Å². The molecule has 2 heterocycles. The van der Waals surface area contributed by atoms with Gasteiger partial charge in [0.05, 0.1) is 11.9 Å². The van der Waals surface area contributed by atoms with Gasteiger partial charge in [0.2, 0.25) is 0 Å². The second-order valence-corrected chi connectivity index (χ2v) is 6.90. The minimum Gasteiger partial charge on any atom is -0.465 e. The maximum absolute atomic E-state index is 12.3. The predicted octanol–water partition coefficient (Wildman–Crippen LogP) is 3.14. The monoisotopic (exact) mass is 383 g/mol. The number of benzene rings is 1. The molecule has 3 amide bonds. The Kier molecular flexibility index (Phi) is 6.10. The smallest absolute Gasteiger partial charge is 0.407 e. The first-order chi connectivity index (χ1) is 13.4. The maximum Gasteiger partial charge on any atom is 0.407 e. The number of aryl methyl sites for hydroxylation is 1. The molecule has 148 valence electrons. The highest BCUT2D eigenvalue weighted by Crippen LogP contribution is 2.21. The van der Waals surface area contributed by atoms with E-state index in [0.717, 1.165) is 29.1 Å². The Hall–Kier alpha value is -3.13. The molecule has 1 aliphatic heterocycles. The van der Waals surface area contributed by atoms with Gasteiger partial charge in [-0.1, -0.05) is 12.1 Å². The first-order valence-corrected chi connectivity index (χ1v) is 9.22. The number of carbonyl (C=O) groups excluding carboxylic acids is 1. The van der Waals surface area contributed by atoms with E-state index < -0.39 is 6.09 Å².